The molecule has 32 heavy (non-hydrogen) atoms. The number of anilines is 1. The molecule has 1 aliphatic heterocycles. The highest BCUT2D eigenvalue weighted by Crippen LogP contribution is 2.36. The van der Waals surface area contributed by atoms with Gasteiger partial charge in [-0.3, -0.25) is 9.59 Å². The number of rotatable bonds is 5. The molecular weight excluding hydrogens is 406 g/mol. The Morgan fingerprint density at radius 3 is 2.66 bits per heavy atom. The minimum Gasteiger partial charge on any atom is -0.383 e. The smallest absolute Gasteiger partial charge is 0.242 e. The Bertz CT molecular complexity index is 1150. The number of amides is 2. The van der Waals surface area contributed by atoms with E-state index in [9.17, 15) is 9.59 Å². The lowest BCUT2D eigenvalue weighted by Gasteiger charge is -2.22. The normalized spacial score (nSPS) is 19.2. The lowest BCUT2D eigenvalue weighted by atomic mass is 10.0. The van der Waals surface area contributed by atoms with E-state index in [1.54, 1.807) is 0 Å². The first kappa shape index (κ1) is 20.4. The van der Waals surface area contributed by atoms with E-state index >= 15 is 0 Å². The molecule has 2 aliphatic rings. The van der Waals surface area contributed by atoms with Gasteiger partial charge in [0.05, 0.1) is 11.4 Å². The average molecular weight is 434 g/mol. The van der Waals surface area contributed by atoms with Crippen LogP contribution in [-0.4, -0.2) is 37.6 Å². The van der Waals surface area contributed by atoms with Crippen LogP contribution < -0.4 is 16.4 Å². The molecule has 5 rings (SSSR count). The zero-order valence-corrected chi connectivity index (χ0v) is 17.9. The molecule has 9 nitrogen and oxygen atoms in total. The highest BCUT2D eigenvalue weighted by atomic mass is 16.2. The van der Waals surface area contributed by atoms with Crippen molar-refractivity contribution in [2.24, 2.45) is 0 Å². The number of benzene rings is 1. The topological polar surface area (TPSA) is 128 Å². The molecule has 0 bridgehead atoms. The van der Waals surface area contributed by atoms with Crippen LogP contribution in [-0.2, 0) is 16.1 Å². The van der Waals surface area contributed by atoms with E-state index < -0.39 is 6.04 Å². The van der Waals surface area contributed by atoms with E-state index in [4.69, 9.17) is 10.8 Å². The molecule has 1 aromatic carbocycles. The summed E-state index contributed by atoms with van der Waals surface area (Å²) in [6, 6.07) is 7.80. The van der Waals surface area contributed by atoms with Crippen LogP contribution in [0.15, 0.2) is 30.6 Å². The van der Waals surface area contributed by atoms with Gasteiger partial charge in [-0.1, -0.05) is 37.1 Å². The van der Waals surface area contributed by atoms with Crippen LogP contribution in [0.3, 0.4) is 0 Å². The highest BCUT2D eigenvalue weighted by molar-refractivity contribution is 5.98. The summed E-state index contributed by atoms with van der Waals surface area (Å²) in [5, 5.41) is 11.3. The number of piperidine rings is 1. The van der Waals surface area contributed by atoms with E-state index in [0.29, 0.717) is 31.2 Å². The highest BCUT2D eigenvalue weighted by Gasteiger charge is 2.25. The van der Waals surface area contributed by atoms with Crippen molar-refractivity contribution in [3.8, 4) is 11.3 Å². The summed E-state index contributed by atoms with van der Waals surface area (Å²) in [6.45, 7) is 0.397. The fraction of sp³-hybridized carbons (Fsp3) is 0.435. The number of nitrogens with two attached hydrogens (primary N) is 1. The first-order valence-electron chi connectivity index (χ1n) is 11.3. The Balaban J connectivity index is 1.35. The summed E-state index contributed by atoms with van der Waals surface area (Å²) < 4.78 is 2.02. The first-order valence-corrected chi connectivity index (χ1v) is 11.3. The predicted octanol–water partition coefficient (Wildman–Crippen LogP) is 2.48. The van der Waals surface area contributed by atoms with Crippen molar-refractivity contribution in [3.63, 3.8) is 0 Å². The second kappa shape index (κ2) is 8.57. The summed E-state index contributed by atoms with van der Waals surface area (Å²) in [7, 11) is 0. The molecule has 4 N–H and O–H groups in total. The second-order valence-electron chi connectivity index (χ2n) is 8.62. The lowest BCUT2D eigenvalue weighted by molar-refractivity contribution is -0.131. The van der Waals surface area contributed by atoms with Crippen LogP contribution in [0, 0.1) is 0 Å². The molecule has 2 amide bonds. The Hall–Kier alpha value is -3.49. The quantitative estimate of drug-likeness (QED) is 0.567. The molecule has 0 spiro atoms. The molecule has 0 radical (unpaired) electrons. The maximum atomic E-state index is 12.4. The number of carbonyl (C=O) groups excluding carboxylic acids is 2. The van der Waals surface area contributed by atoms with Crippen molar-refractivity contribution in [2.45, 2.75) is 63.6 Å². The maximum Gasteiger partial charge on any atom is 0.242 e. The summed E-state index contributed by atoms with van der Waals surface area (Å²) in [6.07, 6.45) is 8.00. The minimum atomic E-state index is -0.440. The molecule has 1 unspecified atom stereocenters. The molecular formula is C23H27N7O2. The Morgan fingerprint density at radius 1 is 1.12 bits per heavy atom. The van der Waals surface area contributed by atoms with Gasteiger partial charge in [0.25, 0.3) is 0 Å². The summed E-state index contributed by atoms with van der Waals surface area (Å²) in [5.41, 5.74) is 9.68. The Morgan fingerprint density at radius 2 is 1.91 bits per heavy atom. The number of nitrogen functional groups attached to an aromatic ring is 1. The molecule has 3 heterocycles. The fourth-order valence-corrected chi connectivity index (χ4v) is 4.70. The summed E-state index contributed by atoms with van der Waals surface area (Å²) in [4.78, 5) is 32.5. The van der Waals surface area contributed by atoms with Crippen molar-refractivity contribution >= 4 is 28.7 Å². The van der Waals surface area contributed by atoms with E-state index in [1.807, 2.05) is 28.9 Å². The third-order valence-corrected chi connectivity index (χ3v) is 6.43. The fourth-order valence-electron chi connectivity index (χ4n) is 4.70. The molecule has 2 aromatic heterocycles. The van der Waals surface area contributed by atoms with Crippen molar-refractivity contribution < 1.29 is 9.59 Å². The van der Waals surface area contributed by atoms with Gasteiger partial charge in [0.2, 0.25) is 11.8 Å². The summed E-state index contributed by atoms with van der Waals surface area (Å²) in [5.74, 6) is 0.224. The van der Waals surface area contributed by atoms with E-state index in [1.165, 1.54) is 19.2 Å². The van der Waals surface area contributed by atoms with E-state index in [-0.39, 0.29) is 11.8 Å². The maximum absolute atomic E-state index is 12.4. The van der Waals surface area contributed by atoms with Gasteiger partial charge >= 0.3 is 0 Å². The largest absolute Gasteiger partial charge is 0.383 e. The van der Waals surface area contributed by atoms with Gasteiger partial charge in [-0.25, -0.2) is 14.6 Å². The van der Waals surface area contributed by atoms with Crippen LogP contribution >= 0.6 is 0 Å². The van der Waals surface area contributed by atoms with Gasteiger partial charge in [0.15, 0.2) is 5.65 Å². The van der Waals surface area contributed by atoms with Crippen LogP contribution in [0.25, 0.3) is 22.3 Å². The average Bonchev–Trinajstić information content (AvgIpc) is 3.46. The molecule has 1 saturated heterocycles. The van der Waals surface area contributed by atoms with Crippen LogP contribution in [0.1, 0.15) is 56.6 Å². The van der Waals surface area contributed by atoms with Crippen LogP contribution in [0.2, 0.25) is 0 Å². The van der Waals surface area contributed by atoms with E-state index in [2.05, 4.69) is 20.6 Å². The minimum absolute atomic E-state index is 0.0618. The number of nitrogens with zero attached hydrogens (tertiary/aromatic N) is 4. The molecule has 9 heteroatoms. The van der Waals surface area contributed by atoms with Gasteiger partial charge in [-0.15, -0.1) is 0 Å². The number of hydrogen-bond acceptors (Lipinski definition) is 6. The third kappa shape index (κ3) is 3.90. The number of carbonyl (C=O) groups is 2. The second-order valence-corrected chi connectivity index (χ2v) is 8.62. The van der Waals surface area contributed by atoms with Gasteiger partial charge < -0.3 is 16.4 Å². The van der Waals surface area contributed by atoms with Gasteiger partial charge in [-0.2, -0.15) is 5.10 Å². The third-order valence-electron chi connectivity index (χ3n) is 6.43. The SMILES string of the molecule is Nc1ncnc2c1c(-c1ccc(CNC(=O)C3CCCC(=O)N3)cc1)nn2C1CCCC1. The predicted molar refractivity (Wildman–Crippen MR) is 120 cm³/mol. The summed E-state index contributed by atoms with van der Waals surface area (Å²) >= 11 is 0. The van der Waals surface area contributed by atoms with Crippen molar-refractivity contribution in [1.29, 1.82) is 0 Å². The lowest BCUT2D eigenvalue weighted by Crippen LogP contribution is -2.48. The van der Waals surface area contributed by atoms with Gasteiger partial charge in [0, 0.05) is 18.5 Å². The Kier molecular flexibility index (Phi) is 5.46. The number of fused-ring (bicyclic) bond motifs is 1. The zero-order chi connectivity index (χ0) is 22.1. The Labute approximate surface area is 185 Å². The molecule has 1 atom stereocenters. The van der Waals surface area contributed by atoms with Crippen LogP contribution in [0.4, 0.5) is 5.82 Å². The number of hydrogen-bond donors (Lipinski definition) is 3. The monoisotopic (exact) mass is 433 g/mol. The number of nitrogens with one attached hydrogen (secondary N) is 2. The first-order chi connectivity index (χ1) is 15.6. The molecule has 166 valence electrons. The number of aromatic nitrogens is 4. The van der Waals surface area contributed by atoms with E-state index in [0.717, 1.165) is 47.1 Å². The van der Waals surface area contributed by atoms with Crippen LogP contribution in [0.5, 0.6) is 0 Å². The van der Waals surface area contributed by atoms with Crippen molar-refractivity contribution in [2.75, 3.05) is 5.73 Å². The van der Waals surface area contributed by atoms with Crippen molar-refractivity contribution in [3.05, 3.63) is 36.2 Å². The molecule has 2 fully saturated rings. The molecule has 1 saturated carbocycles. The standard InChI is InChI=1S/C23H27N7O2/c24-21-19-20(29-30(16-4-1-2-5-16)22(19)27-13-26-21)15-10-8-14(9-11-15)12-25-23(32)17-6-3-7-18(31)28-17/h8-11,13,16-17H,1-7,12H2,(H,25,32)(H,28,31)(H2,24,26,27). The molecule has 3 aromatic rings. The zero-order valence-electron chi connectivity index (χ0n) is 17.9. The van der Waals surface area contributed by atoms with Gasteiger partial charge in [-0.05, 0) is 31.2 Å². The van der Waals surface area contributed by atoms with Crippen molar-refractivity contribution in [1.82, 2.24) is 30.4 Å². The molecule has 1 aliphatic carbocycles. The van der Waals surface area contributed by atoms with Gasteiger partial charge in [0.1, 0.15) is 23.9 Å².